The number of amides is 1. The first-order chi connectivity index (χ1) is 7.02. The molecule has 0 bridgehead atoms. The summed E-state index contributed by atoms with van der Waals surface area (Å²) in [5.41, 5.74) is 16.7. The Bertz CT molecular complexity index is 390. The highest BCUT2D eigenvalue weighted by atomic mass is 16.1. The molecule has 6 N–H and O–H groups in total. The van der Waals surface area contributed by atoms with Gasteiger partial charge in [0, 0.05) is 17.7 Å². The molecule has 1 amide bonds. The van der Waals surface area contributed by atoms with E-state index in [-0.39, 0.29) is 12.2 Å². The van der Waals surface area contributed by atoms with Crippen LogP contribution in [0.1, 0.15) is 16.8 Å². The number of hydrogen-bond acceptors (Lipinski definition) is 4. The van der Waals surface area contributed by atoms with Crippen LogP contribution in [0.3, 0.4) is 0 Å². The lowest BCUT2D eigenvalue weighted by Crippen LogP contribution is -2.38. The van der Waals surface area contributed by atoms with E-state index in [2.05, 4.69) is 0 Å². The van der Waals surface area contributed by atoms with Gasteiger partial charge in [-0.15, -0.1) is 0 Å². The van der Waals surface area contributed by atoms with Gasteiger partial charge < -0.3 is 17.2 Å². The van der Waals surface area contributed by atoms with E-state index >= 15 is 0 Å². The van der Waals surface area contributed by atoms with E-state index in [1.165, 1.54) is 0 Å². The van der Waals surface area contributed by atoms with Crippen molar-refractivity contribution < 1.29 is 9.59 Å². The van der Waals surface area contributed by atoms with Crippen molar-refractivity contribution in [3.05, 3.63) is 29.8 Å². The van der Waals surface area contributed by atoms with E-state index in [9.17, 15) is 9.59 Å². The van der Waals surface area contributed by atoms with Crippen molar-refractivity contribution >= 4 is 17.4 Å². The maximum absolute atomic E-state index is 11.6. The maximum atomic E-state index is 11.6. The lowest BCUT2D eigenvalue weighted by atomic mass is 10.0. The van der Waals surface area contributed by atoms with Gasteiger partial charge in [-0.25, -0.2) is 0 Å². The third-order valence-corrected chi connectivity index (χ3v) is 2.03. The molecule has 0 unspecified atom stereocenters. The van der Waals surface area contributed by atoms with Gasteiger partial charge in [0.2, 0.25) is 5.91 Å². The first-order valence-electron chi connectivity index (χ1n) is 4.45. The number of nitrogens with two attached hydrogens (primary N) is 3. The van der Waals surface area contributed by atoms with Crippen LogP contribution in [-0.2, 0) is 4.79 Å². The van der Waals surface area contributed by atoms with E-state index in [0.717, 1.165) is 0 Å². The van der Waals surface area contributed by atoms with Crippen LogP contribution in [0, 0.1) is 0 Å². The largest absolute Gasteiger partial charge is 0.398 e. The number of carbonyl (C=O) groups excluding carboxylic acids is 2. The van der Waals surface area contributed by atoms with Crippen molar-refractivity contribution in [3.63, 3.8) is 0 Å². The van der Waals surface area contributed by atoms with Gasteiger partial charge in [0.25, 0.3) is 0 Å². The number of anilines is 1. The third-order valence-electron chi connectivity index (χ3n) is 2.03. The minimum absolute atomic E-state index is 0.121. The summed E-state index contributed by atoms with van der Waals surface area (Å²) in [6.07, 6.45) is -0.121. The first kappa shape index (κ1) is 11.2. The summed E-state index contributed by atoms with van der Waals surface area (Å²) >= 11 is 0. The van der Waals surface area contributed by atoms with Crippen molar-refractivity contribution in [2.75, 3.05) is 5.73 Å². The predicted molar refractivity (Wildman–Crippen MR) is 57.0 cm³/mol. The molecular formula is C10H13N3O2. The Morgan fingerprint density at radius 2 is 1.87 bits per heavy atom. The molecule has 0 radical (unpaired) electrons. The van der Waals surface area contributed by atoms with Gasteiger partial charge in [0.15, 0.2) is 5.78 Å². The molecule has 5 nitrogen and oxygen atoms in total. The summed E-state index contributed by atoms with van der Waals surface area (Å²) in [5.74, 6) is -0.975. The Labute approximate surface area is 87.2 Å². The van der Waals surface area contributed by atoms with Gasteiger partial charge in [-0.1, -0.05) is 12.1 Å². The van der Waals surface area contributed by atoms with Crippen molar-refractivity contribution in [1.29, 1.82) is 0 Å². The van der Waals surface area contributed by atoms with Crippen LogP contribution in [0.15, 0.2) is 24.3 Å². The molecule has 1 aromatic rings. The molecule has 1 aromatic carbocycles. The zero-order valence-electron chi connectivity index (χ0n) is 8.14. The second-order valence-corrected chi connectivity index (χ2v) is 3.22. The van der Waals surface area contributed by atoms with E-state index < -0.39 is 11.9 Å². The zero-order chi connectivity index (χ0) is 11.4. The summed E-state index contributed by atoms with van der Waals surface area (Å²) in [6.45, 7) is 0. The van der Waals surface area contributed by atoms with Gasteiger partial charge >= 0.3 is 0 Å². The summed E-state index contributed by atoms with van der Waals surface area (Å²) in [6, 6.07) is 5.66. The van der Waals surface area contributed by atoms with Crippen molar-refractivity contribution in [2.24, 2.45) is 11.5 Å². The molecule has 0 aliphatic rings. The highest BCUT2D eigenvalue weighted by molar-refractivity contribution is 6.03. The van der Waals surface area contributed by atoms with E-state index in [4.69, 9.17) is 17.2 Å². The number of rotatable bonds is 4. The number of nitrogen functional groups attached to an aromatic ring is 1. The molecule has 80 valence electrons. The fraction of sp³-hybridized carbons (Fsp3) is 0.200. The van der Waals surface area contributed by atoms with E-state index in [1.807, 2.05) is 0 Å². The Morgan fingerprint density at radius 1 is 1.27 bits per heavy atom. The Hall–Kier alpha value is -1.88. The van der Waals surface area contributed by atoms with Crippen LogP contribution in [0.2, 0.25) is 0 Å². The van der Waals surface area contributed by atoms with Gasteiger partial charge in [-0.2, -0.15) is 0 Å². The smallest absolute Gasteiger partial charge is 0.234 e. The van der Waals surface area contributed by atoms with Crippen LogP contribution < -0.4 is 17.2 Å². The molecule has 0 aliphatic heterocycles. The molecule has 0 spiro atoms. The highest BCUT2D eigenvalue weighted by Crippen LogP contribution is 2.13. The summed E-state index contributed by atoms with van der Waals surface area (Å²) in [7, 11) is 0. The van der Waals surface area contributed by atoms with Crippen molar-refractivity contribution in [1.82, 2.24) is 0 Å². The predicted octanol–water partition coefficient (Wildman–Crippen LogP) is -0.346. The van der Waals surface area contributed by atoms with E-state index in [0.29, 0.717) is 11.3 Å². The van der Waals surface area contributed by atoms with Crippen molar-refractivity contribution in [3.8, 4) is 0 Å². The molecule has 1 rings (SSSR count). The van der Waals surface area contributed by atoms with Crippen LogP contribution >= 0.6 is 0 Å². The zero-order valence-corrected chi connectivity index (χ0v) is 8.14. The third kappa shape index (κ3) is 2.78. The number of para-hydroxylation sites is 1. The number of ketones is 1. The monoisotopic (exact) mass is 207 g/mol. The Balaban J connectivity index is 2.78. The highest BCUT2D eigenvalue weighted by Gasteiger charge is 2.17. The SMILES string of the molecule is NC(=O)[C@H](N)CC(=O)c1ccccc1N. The van der Waals surface area contributed by atoms with Crippen LogP contribution in [0.25, 0.3) is 0 Å². The lowest BCUT2D eigenvalue weighted by molar-refractivity contribution is -0.119. The van der Waals surface area contributed by atoms with Crippen LogP contribution in [0.5, 0.6) is 0 Å². The first-order valence-corrected chi connectivity index (χ1v) is 4.45. The average Bonchev–Trinajstić information content (AvgIpc) is 2.18. The maximum Gasteiger partial charge on any atom is 0.234 e. The minimum Gasteiger partial charge on any atom is -0.398 e. The molecule has 0 heterocycles. The summed E-state index contributed by atoms with van der Waals surface area (Å²) in [5, 5.41) is 0. The van der Waals surface area contributed by atoms with Gasteiger partial charge in [0.1, 0.15) is 0 Å². The molecule has 0 aromatic heterocycles. The normalized spacial score (nSPS) is 12.1. The standard InChI is InChI=1S/C10H13N3O2/c11-7-4-2-1-3-6(7)9(14)5-8(12)10(13)15/h1-4,8H,5,11-12H2,(H2,13,15)/t8-/m1/s1. The lowest BCUT2D eigenvalue weighted by Gasteiger charge is -2.07. The molecule has 0 fully saturated rings. The quantitative estimate of drug-likeness (QED) is 0.462. The number of primary amides is 1. The average molecular weight is 207 g/mol. The Morgan fingerprint density at radius 3 is 2.40 bits per heavy atom. The fourth-order valence-electron chi connectivity index (χ4n) is 1.16. The molecule has 0 saturated carbocycles. The second-order valence-electron chi connectivity index (χ2n) is 3.22. The van der Waals surface area contributed by atoms with Gasteiger partial charge in [0.05, 0.1) is 6.04 Å². The van der Waals surface area contributed by atoms with Crippen LogP contribution in [0.4, 0.5) is 5.69 Å². The second kappa shape index (κ2) is 4.56. The Kier molecular flexibility index (Phi) is 3.41. The molecule has 0 saturated heterocycles. The molecule has 5 heteroatoms. The van der Waals surface area contributed by atoms with Gasteiger partial charge in [-0.05, 0) is 12.1 Å². The molecular weight excluding hydrogens is 194 g/mol. The van der Waals surface area contributed by atoms with Crippen molar-refractivity contribution in [2.45, 2.75) is 12.5 Å². The topological polar surface area (TPSA) is 112 Å². The number of carbonyl (C=O) groups is 2. The number of Topliss-reactive ketones (excluding diaryl/α,β-unsaturated/α-hetero) is 1. The molecule has 15 heavy (non-hydrogen) atoms. The van der Waals surface area contributed by atoms with Crippen LogP contribution in [-0.4, -0.2) is 17.7 Å². The molecule has 0 aliphatic carbocycles. The number of benzene rings is 1. The molecule has 1 atom stereocenters. The van der Waals surface area contributed by atoms with E-state index in [1.54, 1.807) is 24.3 Å². The summed E-state index contributed by atoms with van der Waals surface area (Å²) < 4.78 is 0. The fourth-order valence-corrected chi connectivity index (χ4v) is 1.16. The van der Waals surface area contributed by atoms with Gasteiger partial charge in [-0.3, -0.25) is 9.59 Å². The summed E-state index contributed by atoms with van der Waals surface area (Å²) in [4.78, 5) is 22.3. The minimum atomic E-state index is -0.961. The number of hydrogen-bond donors (Lipinski definition) is 3.